The first-order valence-electron chi connectivity index (χ1n) is 14.8. The Labute approximate surface area is 256 Å². The number of carbonyl (C=O) groups is 4. The minimum absolute atomic E-state index is 0.0118. The molecule has 2 aliphatic rings. The lowest BCUT2D eigenvalue weighted by Crippen LogP contribution is -2.49. The van der Waals surface area contributed by atoms with Gasteiger partial charge in [-0.2, -0.15) is 0 Å². The number of rotatable bonds is 8. The first-order chi connectivity index (χ1) is 21.3. The molecule has 2 bridgehead atoms. The topological polar surface area (TPSA) is 162 Å². The van der Waals surface area contributed by atoms with Crippen molar-refractivity contribution in [3.63, 3.8) is 0 Å². The van der Waals surface area contributed by atoms with Crippen LogP contribution in [-0.2, 0) is 35.0 Å². The molecule has 0 radical (unpaired) electrons. The minimum Gasteiger partial charge on any atom is -0.484 e. The molecule has 0 aliphatic carbocycles. The van der Waals surface area contributed by atoms with Crippen molar-refractivity contribution in [3.05, 3.63) is 41.7 Å². The number of aromatic nitrogens is 1. The number of fused-ring (bicyclic) bond motifs is 2. The number of morpholine rings is 1. The largest absolute Gasteiger partial charge is 0.484 e. The molecule has 3 amide bonds. The monoisotopic (exact) mass is 615 g/mol. The molecule has 44 heavy (non-hydrogen) atoms. The second kappa shape index (κ2) is 16.1. The van der Waals surface area contributed by atoms with Gasteiger partial charge in [-0.1, -0.05) is 17.3 Å². The predicted octanol–water partition coefficient (Wildman–Crippen LogP) is 0.797. The Morgan fingerprint density at radius 3 is 2.68 bits per heavy atom. The fourth-order valence-electron chi connectivity index (χ4n) is 5.20. The number of esters is 1. The van der Waals surface area contributed by atoms with Crippen LogP contribution in [0, 0.1) is 5.41 Å². The third-order valence-electron chi connectivity index (χ3n) is 7.52. The molecule has 2 aliphatic heterocycles. The van der Waals surface area contributed by atoms with Crippen LogP contribution < -0.4 is 20.3 Å². The summed E-state index contributed by atoms with van der Waals surface area (Å²) in [5.41, 5.74) is -0.350. The van der Waals surface area contributed by atoms with Crippen molar-refractivity contribution >= 4 is 29.5 Å². The average molecular weight is 616 g/mol. The molecule has 0 spiro atoms. The summed E-state index contributed by atoms with van der Waals surface area (Å²) >= 11 is 0. The van der Waals surface area contributed by atoms with Crippen LogP contribution >= 0.6 is 0 Å². The maximum atomic E-state index is 13.5. The number of nitrogens with one attached hydrogen (secondary N) is 2. The first kappa shape index (κ1) is 32.7. The molecule has 1 fully saturated rings. The Kier molecular flexibility index (Phi) is 11.9. The van der Waals surface area contributed by atoms with E-state index in [9.17, 15) is 19.2 Å². The van der Waals surface area contributed by atoms with Crippen molar-refractivity contribution in [2.75, 3.05) is 84.3 Å². The zero-order valence-corrected chi connectivity index (χ0v) is 25.3. The number of anilines is 1. The van der Waals surface area contributed by atoms with Gasteiger partial charge in [0.2, 0.25) is 11.7 Å². The lowest BCUT2D eigenvalue weighted by Gasteiger charge is -2.32. The highest BCUT2D eigenvalue weighted by atomic mass is 16.5. The van der Waals surface area contributed by atoms with E-state index in [4.69, 9.17) is 23.5 Å². The van der Waals surface area contributed by atoms with Crippen molar-refractivity contribution in [3.8, 4) is 5.75 Å². The summed E-state index contributed by atoms with van der Waals surface area (Å²) in [5.74, 6) is -0.974. The normalized spacial score (nSPS) is 20.3. The van der Waals surface area contributed by atoms with E-state index < -0.39 is 29.1 Å². The van der Waals surface area contributed by atoms with Crippen LogP contribution in [0.1, 0.15) is 35.9 Å². The van der Waals surface area contributed by atoms with Gasteiger partial charge in [0.25, 0.3) is 11.8 Å². The highest BCUT2D eigenvalue weighted by Crippen LogP contribution is 2.32. The molecule has 0 saturated carbocycles. The highest BCUT2D eigenvalue weighted by Gasteiger charge is 2.40. The van der Waals surface area contributed by atoms with Crippen LogP contribution in [0.4, 0.5) is 5.82 Å². The lowest BCUT2D eigenvalue weighted by molar-refractivity contribution is -0.156. The first-order valence-corrected chi connectivity index (χ1v) is 14.8. The predicted molar refractivity (Wildman–Crippen MR) is 157 cm³/mol. The second-order valence-electron chi connectivity index (χ2n) is 10.7. The Hall–Kier alpha value is -4.17. The Morgan fingerprint density at radius 2 is 1.91 bits per heavy atom. The molecular formula is C30H41N5O9. The van der Waals surface area contributed by atoms with E-state index in [2.05, 4.69) is 15.8 Å². The molecule has 1 atom stereocenters. The standard InChI is InChI=1S/C30H41N5O9/c1-3-42-29(39)30(8-5-13-40-2)18-22-6-4-7-23(16-22)43-20-27(37)31-9-10-35(19-26(36)32-21-30)28(38)24-17-25(33-44-24)34-11-14-41-15-12-34/h4,6-7,16-17H,3,5,8-15,18-21H2,1-2H3,(H,31,37)(H,32,36). The summed E-state index contributed by atoms with van der Waals surface area (Å²) < 4.78 is 27.2. The quantitative estimate of drug-likeness (QED) is 0.319. The highest BCUT2D eigenvalue weighted by molar-refractivity contribution is 5.95. The average Bonchev–Trinajstić information content (AvgIpc) is 3.53. The summed E-state index contributed by atoms with van der Waals surface area (Å²) in [4.78, 5) is 56.1. The van der Waals surface area contributed by atoms with E-state index in [1.165, 1.54) is 11.0 Å². The maximum absolute atomic E-state index is 13.5. The van der Waals surface area contributed by atoms with Crippen LogP contribution in [0.25, 0.3) is 0 Å². The van der Waals surface area contributed by atoms with Crippen molar-refractivity contribution < 1.29 is 42.6 Å². The molecule has 2 aromatic rings. The molecule has 1 aromatic carbocycles. The Morgan fingerprint density at radius 1 is 1.09 bits per heavy atom. The van der Waals surface area contributed by atoms with Crippen molar-refractivity contribution in [2.45, 2.75) is 26.2 Å². The van der Waals surface area contributed by atoms with Gasteiger partial charge in [0.15, 0.2) is 12.4 Å². The third-order valence-corrected chi connectivity index (χ3v) is 7.52. The summed E-state index contributed by atoms with van der Waals surface area (Å²) in [5, 5.41) is 9.62. The van der Waals surface area contributed by atoms with Gasteiger partial charge in [-0.25, -0.2) is 0 Å². The third kappa shape index (κ3) is 8.92. The number of nitrogens with zero attached hydrogens (tertiary/aromatic N) is 3. The number of methoxy groups -OCH3 is 1. The van der Waals surface area contributed by atoms with E-state index in [0.717, 1.165) is 5.56 Å². The van der Waals surface area contributed by atoms with Crippen LogP contribution in [0.3, 0.4) is 0 Å². The number of benzene rings is 1. The number of carbonyl (C=O) groups excluding carboxylic acids is 4. The number of hydrogen-bond acceptors (Lipinski definition) is 11. The molecule has 1 unspecified atom stereocenters. The number of amides is 3. The van der Waals surface area contributed by atoms with E-state index in [1.54, 1.807) is 32.2 Å². The van der Waals surface area contributed by atoms with Gasteiger partial charge in [0.1, 0.15) is 12.3 Å². The van der Waals surface area contributed by atoms with Gasteiger partial charge in [0.05, 0.1) is 25.2 Å². The zero-order valence-electron chi connectivity index (χ0n) is 25.3. The van der Waals surface area contributed by atoms with Crippen LogP contribution in [0.5, 0.6) is 5.75 Å². The molecule has 2 N–H and O–H groups in total. The summed E-state index contributed by atoms with van der Waals surface area (Å²) in [7, 11) is 1.58. The summed E-state index contributed by atoms with van der Waals surface area (Å²) in [6.45, 7) is 4.06. The molecular weight excluding hydrogens is 574 g/mol. The maximum Gasteiger partial charge on any atom is 0.314 e. The fourth-order valence-corrected chi connectivity index (χ4v) is 5.20. The number of hydrogen-bond donors (Lipinski definition) is 2. The van der Waals surface area contributed by atoms with Gasteiger partial charge in [0, 0.05) is 52.5 Å². The van der Waals surface area contributed by atoms with E-state index in [1.807, 2.05) is 11.0 Å². The Balaban J connectivity index is 1.59. The molecule has 1 saturated heterocycles. The molecule has 14 nitrogen and oxygen atoms in total. The molecule has 240 valence electrons. The van der Waals surface area contributed by atoms with Crippen molar-refractivity contribution in [1.29, 1.82) is 0 Å². The van der Waals surface area contributed by atoms with Gasteiger partial charge >= 0.3 is 5.97 Å². The minimum atomic E-state index is -1.12. The molecule has 14 heteroatoms. The van der Waals surface area contributed by atoms with Crippen LogP contribution in [-0.4, -0.2) is 113 Å². The molecule has 3 heterocycles. The van der Waals surface area contributed by atoms with Crippen molar-refractivity contribution in [1.82, 2.24) is 20.7 Å². The summed E-state index contributed by atoms with van der Waals surface area (Å²) in [6, 6.07) is 8.67. The summed E-state index contributed by atoms with van der Waals surface area (Å²) in [6.07, 6.45) is 1.16. The van der Waals surface area contributed by atoms with Gasteiger partial charge in [-0.3, -0.25) is 19.2 Å². The SMILES string of the molecule is CCOC(=O)C1(CCCOC)CNC(=O)CN(C(=O)c2cc(N3CCOCC3)no2)CCNC(=O)COc2cccc(c2)C1. The fraction of sp³-hybridized carbons (Fsp3) is 0.567. The second-order valence-corrected chi connectivity index (χ2v) is 10.7. The van der Waals surface area contributed by atoms with Gasteiger partial charge in [-0.15, -0.1) is 0 Å². The zero-order chi connectivity index (χ0) is 31.4. The molecule has 1 aromatic heterocycles. The van der Waals surface area contributed by atoms with Crippen molar-refractivity contribution in [2.24, 2.45) is 5.41 Å². The van der Waals surface area contributed by atoms with E-state index in [-0.39, 0.29) is 51.6 Å². The van der Waals surface area contributed by atoms with Crippen LogP contribution in [0.2, 0.25) is 0 Å². The Bertz CT molecular complexity index is 1280. The van der Waals surface area contributed by atoms with Gasteiger partial charge in [-0.05, 0) is 43.9 Å². The lowest BCUT2D eigenvalue weighted by atomic mass is 9.77. The van der Waals surface area contributed by atoms with Crippen LogP contribution in [0.15, 0.2) is 34.9 Å². The number of ether oxygens (including phenoxy) is 4. The molecule has 4 rings (SSSR count). The van der Waals surface area contributed by atoms with Gasteiger partial charge < -0.3 is 43.9 Å². The van der Waals surface area contributed by atoms with E-state index >= 15 is 0 Å². The smallest absolute Gasteiger partial charge is 0.314 e. The van der Waals surface area contributed by atoms with E-state index in [0.29, 0.717) is 57.3 Å².